The summed E-state index contributed by atoms with van der Waals surface area (Å²) in [4.78, 5) is 12.7. The average Bonchev–Trinajstić information content (AvgIpc) is 3.24. The van der Waals surface area contributed by atoms with Gasteiger partial charge >= 0.3 is 0 Å². The zero-order valence-corrected chi connectivity index (χ0v) is 18.2. The van der Waals surface area contributed by atoms with E-state index in [0.29, 0.717) is 18.6 Å². The van der Waals surface area contributed by atoms with Crippen molar-refractivity contribution in [1.29, 1.82) is 0 Å². The Kier molecular flexibility index (Phi) is 5.65. The van der Waals surface area contributed by atoms with E-state index in [1.54, 1.807) is 0 Å². The van der Waals surface area contributed by atoms with Crippen molar-refractivity contribution in [3.05, 3.63) is 24.3 Å². The maximum Gasteiger partial charge on any atom is 0.239 e. The van der Waals surface area contributed by atoms with Gasteiger partial charge in [-0.15, -0.1) is 0 Å². The van der Waals surface area contributed by atoms with Crippen molar-refractivity contribution < 1.29 is 14.3 Å². The lowest BCUT2D eigenvalue weighted by Gasteiger charge is -2.59. The van der Waals surface area contributed by atoms with Gasteiger partial charge in [0.25, 0.3) is 0 Å². The van der Waals surface area contributed by atoms with Gasteiger partial charge in [-0.2, -0.15) is 0 Å². The van der Waals surface area contributed by atoms with Crippen molar-refractivity contribution in [2.45, 2.75) is 70.4 Å². The number of ether oxygens (including phenoxy) is 2. The summed E-state index contributed by atoms with van der Waals surface area (Å²) in [6.07, 6.45) is 10.7. The quantitative estimate of drug-likeness (QED) is 0.665. The molecule has 4 saturated carbocycles. The van der Waals surface area contributed by atoms with E-state index < -0.39 is 0 Å². The van der Waals surface area contributed by atoms with E-state index in [1.807, 2.05) is 24.3 Å². The Bertz CT molecular complexity index is 723. The number of carbonyl (C=O) groups excluding carboxylic acids is 1. The van der Waals surface area contributed by atoms with Crippen molar-refractivity contribution in [2.24, 2.45) is 23.2 Å². The van der Waals surface area contributed by atoms with E-state index >= 15 is 0 Å². The largest absolute Gasteiger partial charge is 0.491 e. The van der Waals surface area contributed by atoms with Crippen molar-refractivity contribution >= 4 is 11.6 Å². The standard InChI is InChI=1S/C25H36N2O3/c1-17(25-12-18-8-19(13-25)10-20(9-18)14-25)27-24(28)15-26-21-4-2-5-22(11-21)30-16-23-6-3-7-29-23/h2,4-5,11,17-20,23,26H,3,6-10,12-16H2,1H3,(H,27,28)/t17-,18?,19?,20?,23-,25?/m1/s1. The smallest absolute Gasteiger partial charge is 0.239 e. The highest BCUT2D eigenvalue weighted by molar-refractivity contribution is 5.81. The number of anilines is 1. The molecule has 0 aromatic heterocycles. The maximum absolute atomic E-state index is 12.7. The molecule has 0 spiro atoms. The summed E-state index contributed by atoms with van der Waals surface area (Å²) in [5.41, 5.74) is 1.26. The average molecular weight is 413 g/mol. The van der Waals surface area contributed by atoms with Crippen molar-refractivity contribution in [3.63, 3.8) is 0 Å². The topological polar surface area (TPSA) is 59.6 Å². The Labute approximate surface area is 180 Å². The zero-order chi connectivity index (χ0) is 20.6. The molecule has 30 heavy (non-hydrogen) atoms. The maximum atomic E-state index is 12.7. The van der Waals surface area contributed by atoms with Crippen LogP contribution in [0.25, 0.3) is 0 Å². The minimum absolute atomic E-state index is 0.0870. The van der Waals surface area contributed by atoms with Crippen LogP contribution in [0.4, 0.5) is 5.69 Å². The number of rotatable bonds is 8. The van der Waals surface area contributed by atoms with Crippen LogP contribution in [-0.2, 0) is 9.53 Å². The third-order valence-electron chi connectivity index (χ3n) is 8.13. The second-order valence-electron chi connectivity index (χ2n) is 10.4. The SMILES string of the molecule is C[C@@H](NC(=O)CNc1cccc(OC[C@H]2CCCO2)c1)C12CC3CC(CC(C3)C1)C2. The molecule has 1 aromatic rings. The number of benzene rings is 1. The molecule has 4 bridgehead atoms. The predicted molar refractivity (Wildman–Crippen MR) is 118 cm³/mol. The highest BCUT2D eigenvalue weighted by Gasteiger charge is 2.53. The number of hydrogen-bond donors (Lipinski definition) is 2. The Morgan fingerprint density at radius 2 is 1.93 bits per heavy atom. The van der Waals surface area contributed by atoms with Gasteiger partial charge in [-0.1, -0.05) is 6.07 Å². The van der Waals surface area contributed by atoms with Crippen LogP contribution in [0.3, 0.4) is 0 Å². The van der Waals surface area contributed by atoms with E-state index in [1.165, 1.54) is 38.5 Å². The molecule has 1 heterocycles. The minimum atomic E-state index is 0.0870. The number of hydrogen-bond acceptors (Lipinski definition) is 4. The Hall–Kier alpha value is -1.75. The molecule has 5 heteroatoms. The molecule has 5 nitrogen and oxygen atoms in total. The first-order chi connectivity index (χ1) is 14.6. The highest BCUT2D eigenvalue weighted by atomic mass is 16.5. The second-order valence-corrected chi connectivity index (χ2v) is 10.4. The molecular formula is C25H36N2O3. The van der Waals surface area contributed by atoms with E-state index in [4.69, 9.17) is 9.47 Å². The van der Waals surface area contributed by atoms with Crippen LogP contribution in [0, 0.1) is 23.2 Å². The first-order valence-electron chi connectivity index (χ1n) is 12.0. The number of nitrogens with one attached hydrogen (secondary N) is 2. The van der Waals surface area contributed by atoms with Gasteiger partial charge in [-0.3, -0.25) is 4.79 Å². The van der Waals surface area contributed by atoms with Crippen molar-refractivity contribution in [2.75, 3.05) is 25.1 Å². The molecule has 5 aliphatic rings. The van der Waals surface area contributed by atoms with E-state index in [9.17, 15) is 4.79 Å². The molecule has 2 atom stereocenters. The lowest BCUT2D eigenvalue weighted by Crippen LogP contribution is -2.56. The van der Waals surface area contributed by atoms with Gasteiger partial charge in [0.2, 0.25) is 5.91 Å². The summed E-state index contributed by atoms with van der Waals surface area (Å²) in [5, 5.41) is 6.60. The van der Waals surface area contributed by atoms with Gasteiger partial charge in [0, 0.05) is 24.4 Å². The second kappa shape index (κ2) is 8.41. The minimum Gasteiger partial charge on any atom is -0.491 e. The van der Waals surface area contributed by atoms with Gasteiger partial charge in [0.15, 0.2) is 0 Å². The molecule has 1 amide bonds. The predicted octanol–water partition coefficient (Wildman–Crippen LogP) is 4.38. The van der Waals surface area contributed by atoms with Crippen LogP contribution in [0.15, 0.2) is 24.3 Å². The van der Waals surface area contributed by atoms with Crippen LogP contribution in [0.1, 0.15) is 58.3 Å². The fourth-order valence-corrected chi connectivity index (χ4v) is 7.00. The van der Waals surface area contributed by atoms with Crippen LogP contribution >= 0.6 is 0 Å². The van der Waals surface area contributed by atoms with Gasteiger partial charge in [-0.25, -0.2) is 0 Å². The van der Waals surface area contributed by atoms with Gasteiger partial charge in [-0.05, 0) is 93.6 Å². The molecule has 0 unspecified atom stereocenters. The molecule has 2 N–H and O–H groups in total. The first-order valence-corrected chi connectivity index (χ1v) is 12.0. The Balaban J connectivity index is 1.11. The normalized spacial score (nSPS) is 35.2. The molecule has 6 rings (SSSR count). The highest BCUT2D eigenvalue weighted by Crippen LogP contribution is 2.61. The lowest BCUT2D eigenvalue weighted by atomic mass is 9.48. The summed E-state index contributed by atoms with van der Waals surface area (Å²) in [6, 6.07) is 8.12. The van der Waals surface area contributed by atoms with Crippen LogP contribution < -0.4 is 15.4 Å². The summed E-state index contributed by atoms with van der Waals surface area (Å²) in [7, 11) is 0. The molecule has 1 aromatic carbocycles. The Morgan fingerprint density at radius 3 is 2.60 bits per heavy atom. The summed E-state index contributed by atoms with van der Waals surface area (Å²) >= 11 is 0. The molecule has 164 valence electrons. The number of carbonyl (C=O) groups is 1. The molecule has 5 fully saturated rings. The van der Waals surface area contributed by atoms with Crippen LogP contribution in [0.2, 0.25) is 0 Å². The fourth-order valence-electron chi connectivity index (χ4n) is 7.00. The summed E-state index contributed by atoms with van der Waals surface area (Å²) in [5.74, 6) is 3.63. The van der Waals surface area contributed by atoms with Crippen LogP contribution in [0.5, 0.6) is 5.75 Å². The third kappa shape index (κ3) is 4.32. The van der Waals surface area contributed by atoms with E-state index in [0.717, 1.165) is 48.6 Å². The van der Waals surface area contributed by atoms with E-state index in [-0.39, 0.29) is 18.1 Å². The molecule has 1 aliphatic heterocycles. The Morgan fingerprint density at radius 1 is 1.20 bits per heavy atom. The monoisotopic (exact) mass is 412 g/mol. The first kappa shape index (κ1) is 20.2. The molecule has 0 radical (unpaired) electrons. The zero-order valence-electron chi connectivity index (χ0n) is 18.2. The summed E-state index contributed by atoms with van der Waals surface area (Å²) < 4.78 is 11.5. The molecule has 1 saturated heterocycles. The molecule has 4 aliphatic carbocycles. The van der Waals surface area contributed by atoms with Crippen molar-refractivity contribution in [1.82, 2.24) is 5.32 Å². The third-order valence-corrected chi connectivity index (χ3v) is 8.13. The fraction of sp³-hybridized carbons (Fsp3) is 0.720. The van der Waals surface area contributed by atoms with Gasteiger partial charge in [0.05, 0.1) is 12.6 Å². The van der Waals surface area contributed by atoms with E-state index in [2.05, 4.69) is 17.6 Å². The lowest BCUT2D eigenvalue weighted by molar-refractivity contribution is -0.124. The van der Waals surface area contributed by atoms with Crippen LogP contribution in [-0.4, -0.2) is 37.8 Å². The van der Waals surface area contributed by atoms with Gasteiger partial charge in [0.1, 0.15) is 12.4 Å². The summed E-state index contributed by atoms with van der Waals surface area (Å²) in [6.45, 7) is 3.97. The number of amides is 1. The molecular weight excluding hydrogens is 376 g/mol. The van der Waals surface area contributed by atoms with Crippen molar-refractivity contribution in [3.8, 4) is 5.75 Å². The van der Waals surface area contributed by atoms with Gasteiger partial charge < -0.3 is 20.1 Å².